The van der Waals surface area contributed by atoms with Crippen molar-refractivity contribution in [3.8, 4) is 0 Å². The van der Waals surface area contributed by atoms with E-state index in [9.17, 15) is 38.7 Å². The van der Waals surface area contributed by atoms with Gasteiger partial charge in [-0.2, -0.15) is 8.42 Å². The molecule has 14 heteroatoms. The predicted octanol–water partition coefficient (Wildman–Crippen LogP) is 3.23. The largest absolute Gasteiger partial charge is 0.397 e. The second-order valence-electron chi connectivity index (χ2n) is 12.2. The Bertz CT molecular complexity index is 979. The number of hydrogen-bond acceptors (Lipinski definition) is 11. The topological polar surface area (TPSA) is 212 Å². The van der Waals surface area contributed by atoms with Crippen LogP contribution in [0.1, 0.15) is 117 Å². The molecule has 0 bridgehead atoms. The van der Waals surface area contributed by atoms with Gasteiger partial charge in [-0.1, -0.05) is 115 Å². The maximum Gasteiger partial charge on any atom is 0.397 e. The molecule has 1 aliphatic heterocycles. The van der Waals surface area contributed by atoms with E-state index >= 15 is 0 Å². The van der Waals surface area contributed by atoms with Crippen molar-refractivity contribution in [3.63, 3.8) is 0 Å². The van der Waals surface area contributed by atoms with E-state index in [4.69, 9.17) is 14.0 Å². The average molecular weight is 696 g/mol. The Balaban J connectivity index is 2.79. The Morgan fingerprint density at radius 2 is 1.43 bits per heavy atom. The number of nitrogens with one attached hydrogen (secondary N) is 1. The molecule has 1 rings (SSSR count). The molecule has 276 valence electrons. The molecule has 1 aliphatic rings. The Kier molecular flexibility index (Phi) is 23.6. The first-order chi connectivity index (χ1) is 22.4. The van der Waals surface area contributed by atoms with Gasteiger partial charge in [-0.25, -0.2) is 4.18 Å². The summed E-state index contributed by atoms with van der Waals surface area (Å²) in [7, 11) is -5.11. The Morgan fingerprint density at radius 3 is 2.02 bits per heavy atom. The minimum absolute atomic E-state index is 0.237. The van der Waals surface area contributed by atoms with Crippen LogP contribution in [0.15, 0.2) is 24.3 Å². The molecule has 0 spiro atoms. The van der Waals surface area contributed by atoms with Crippen LogP contribution in [0.5, 0.6) is 0 Å². The smallest absolute Gasteiger partial charge is 0.394 e. The van der Waals surface area contributed by atoms with Gasteiger partial charge in [-0.3, -0.25) is 9.35 Å². The van der Waals surface area contributed by atoms with Gasteiger partial charge in [0, 0.05) is 0 Å². The van der Waals surface area contributed by atoms with Crippen molar-refractivity contribution >= 4 is 16.3 Å². The maximum atomic E-state index is 12.9. The molecule has 0 aromatic carbocycles. The average Bonchev–Trinajstić information content (AvgIpc) is 3.03. The number of hydrogen-bond donors (Lipinski definition) is 7. The highest BCUT2D eigenvalue weighted by Gasteiger charge is 2.48. The first-order valence-corrected chi connectivity index (χ1v) is 18.7. The third-order valence-electron chi connectivity index (χ3n) is 8.09. The van der Waals surface area contributed by atoms with Crippen molar-refractivity contribution in [2.75, 3.05) is 13.2 Å². The van der Waals surface area contributed by atoms with Gasteiger partial charge < -0.3 is 40.3 Å². The van der Waals surface area contributed by atoms with Gasteiger partial charge in [0.25, 0.3) is 0 Å². The maximum absolute atomic E-state index is 12.9. The van der Waals surface area contributed by atoms with Crippen LogP contribution in [0.3, 0.4) is 0 Å². The van der Waals surface area contributed by atoms with Crippen LogP contribution in [0.2, 0.25) is 0 Å². The zero-order valence-corrected chi connectivity index (χ0v) is 29.0. The number of carbonyl (C=O) groups is 1. The fourth-order valence-corrected chi connectivity index (χ4v) is 5.73. The van der Waals surface area contributed by atoms with E-state index in [-0.39, 0.29) is 6.42 Å². The summed E-state index contributed by atoms with van der Waals surface area (Å²) in [6.45, 7) is 3.03. The van der Waals surface area contributed by atoms with E-state index in [0.717, 1.165) is 44.9 Å². The van der Waals surface area contributed by atoms with Gasteiger partial charge >= 0.3 is 10.4 Å². The summed E-state index contributed by atoms with van der Waals surface area (Å²) in [6, 6.07) is -1.13. The third kappa shape index (κ3) is 19.4. The zero-order chi connectivity index (χ0) is 35.1. The lowest BCUT2D eigenvalue weighted by Gasteiger charge is -2.41. The van der Waals surface area contributed by atoms with Gasteiger partial charge in [-0.15, -0.1) is 0 Å². The third-order valence-corrected chi connectivity index (χ3v) is 8.56. The Hall–Kier alpha value is -1.46. The van der Waals surface area contributed by atoms with Gasteiger partial charge in [0.05, 0.1) is 25.4 Å². The molecule has 0 radical (unpaired) electrons. The first-order valence-electron chi connectivity index (χ1n) is 17.3. The molecule has 47 heavy (non-hydrogen) atoms. The molecule has 1 amide bonds. The highest BCUT2D eigenvalue weighted by Crippen LogP contribution is 2.26. The molecule has 1 fully saturated rings. The van der Waals surface area contributed by atoms with E-state index in [1.54, 1.807) is 6.08 Å². The monoisotopic (exact) mass is 695 g/mol. The molecule has 8 atom stereocenters. The summed E-state index contributed by atoms with van der Waals surface area (Å²) in [5.74, 6) is -0.720. The highest BCUT2D eigenvalue weighted by molar-refractivity contribution is 7.80. The SMILES string of the molecule is CCCC/C=C/CC/C=C/C(O)C(COC1OC(CO)C(O)C(OS(=O)(=O)O)C1O)NC(=O)C(O)CCCCCCCCCCCC. The van der Waals surface area contributed by atoms with Crippen molar-refractivity contribution in [1.29, 1.82) is 0 Å². The van der Waals surface area contributed by atoms with Gasteiger partial charge in [0.2, 0.25) is 5.91 Å². The van der Waals surface area contributed by atoms with Crippen molar-refractivity contribution in [1.82, 2.24) is 5.32 Å². The minimum atomic E-state index is -5.11. The molecule has 0 aromatic rings. The molecule has 1 heterocycles. The lowest BCUT2D eigenvalue weighted by Crippen LogP contribution is -2.61. The Labute approximate surface area is 281 Å². The van der Waals surface area contributed by atoms with E-state index in [1.807, 2.05) is 0 Å². The fourth-order valence-electron chi connectivity index (χ4n) is 5.22. The zero-order valence-electron chi connectivity index (χ0n) is 28.2. The van der Waals surface area contributed by atoms with E-state index in [1.165, 1.54) is 44.6 Å². The number of aliphatic hydroxyl groups is 5. The summed E-state index contributed by atoms with van der Waals surface area (Å²) < 4.78 is 47.0. The van der Waals surface area contributed by atoms with Crippen LogP contribution in [0.25, 0.3) is 0 Å². The molecular formula is C33H61NO12S. The van der Waals surface area contributed by atoms with Crippen LogP contribution in [-0.4, -0.2) is 107 Å². The summed E-state index contributed by atoms with van der Waals surface area (Å²) in [5.41, 5.74) is 0. The summed E-state index contributed by atoms with van der Waals surface area (Å²) in [5, 5.41) is 54.4. The van der Waals surface area contributed by atoms with E-state index < -0.39 is 78.5 Å². The summed E-state index contributed by atoms with van der Waals surface area (Å²) >= 11 is 0. The van der Waals surface area contributed by atoms with Crippen LogP contribution >= 0.6 is 0 Å². The van der Waals surface area contributed by atoms with Crippen LogP contribution in [0.4, 0.5) is 0 Å². The second-order valence-corrected chi connectivity index (χ2v) is 13.3. The number of rotatable bonds is 27. The van der Waals surface area contributed by atoms with E-state index in [2.05, 4.69) is 35.5 Å². The minimum Gasteiger partial charge on any atom is -0.394 e. The molecule has 8 unspecified atom stereocenters. The molecule has 0 aliphatic carbocycles. The standard InChI is InChI=1S/C33H61NO12S/c1-3-5-7-9-11-13-14-16-18-20-22-27(37)32(40)34-25(26(36)21-19-17-15-12-10-8-6-4-2)24-44-33-30(39)31(46-47(41,42)43)29(38)28(23-35)45-33/h10,12,19,21,25-31,33,35-39H,3-9,11,13-18,20,22-24H2,1-2H3,(H,34,40)(H,41,42,43)/b12-10+,21-19+. The quantitative estimate of drug-likeness (QED) is 0.0375. The van der Waals surface area contributed by atoms with Crippen LogP contribution in [0, 0.1) is 0 Å². The predicted molar refractivity (Wildman–Crippen MR) is 178 cm³/mol. The van der Waals surface area contributed by atoms with Crippen molar-refractivity contribution < 1.29 is 57.0 Å². The van der Waals surface area contributed by atoms with Crippen LogP contribution < -0.4 is 5.32 Å². The molecule has 0 aromatic heterocycles. The number of allylic oxidation sites excluding steroid dienone is 3. The molecular weight excluding hydrogens is 634 g/mol. The van der Waals surface area contributed by atoms with Crippen molar-refractivity contribution in [2.24, 2.45) is 0 Å². The van der Waals surface area contributed by atoms with Gasteiger partial charge in [0.1, 0.15) is 30.5 Å². The summed E-state index contributed by atoms with van der Waals surface area (Å²) in [6.07, 6.45) is 11.8. The number of ether oxygens (including phenoxy) is 2. The number of aliphatic hydroxyl groups excluding tert-OH is 5. The molecule has 0 saturated carbocycles. The van der Waals surface area contributed by atoms with Gasteiger partial charge in [-0.05, 0) is 25.7 Å². The lowest BCUT2D eigenvalue weighted by molar-refractivity contribution is -0.298. The van der Waals surface area contributed by atoms with E-state index in [0.29, 0.717) is 12.8 Å². The normalized spacial score (nSPS) is 24.1. The summed E-state index contributed by atoms with van der Waals surface area (Å²) in [4.78, 5) is 12.9. The number of carbonyl (C=O) groups excluding carboxylic acids is 1. The second kappa shape index (κ2) is 25.5. The number of amides is 1. The fraction of sp³-hybridized carbons (Fsp3) is 0.848. The van der Waals surface area contributed by atoms with Crippen molar-refractivity contribution in [3.05, 3.63) is 24.3 Å². The van der Waals surface area contributed by atoms with Gasteiger partial charge in [0.15, 0.2) is 6.29 Å². The Morgan fingerprint density at radius 1 is 0.851 bits per heavy atom. The number of unbranched alkanes of at least 4 members (excludes halogenated alkanes) is 12. The first kappa shape index (κ1) is 43.6. The lowest BCUT2D eigenvalue weighted by atomic mass is 9.99. The highest BCUT2D eigenvalue weighted by atomic mass is 32.3. The van der Waals surface area contributed by atoms with Crippen LogP contribution in [-0.2, 0) is 28.9 Å². The van der Waals surface area contributed by atoms with Crippen molar-refractivity contribution in [2.45, 2.75) is 166 Å². The molecule has 13 nitrogen and oxygen atoms in total. The molecule has 1 saturated heterocycles. The molecule has 7 N–H and O–H groups in total.